The summed E-state index contributed by atoms with van der Waals surface area (Å²) >= 11 is 0. The van der Waals surface area contributed by atoms with Crippen LogP contribution in [0.1, 0.15) is 123 Å². The fraction of sp³-hybridized carbons (Fsp3) is 0.464. The van der Waals surface area contributed by atoms with E-state index < -0.39 is 19.6 Å². The Bertz CT molecular complexity index is 2230. The minimum atomic E-state index is -1.41. The summed E-state index contributed by atoms with van der Waals surface area (Å²) in [4.78, 5) is 51.2. The van der Waals surface area contributed by atoms with Crippen LogP contribution in [0.4, 0.5) is 0 Å². The molecular formula is C56H68O8Si. The largest absolute Gasteiger partial charge is 0.465 e. The number of aryl methyl sites for hydroxylation is 1. The van der Waals surface area contributed by atoms with Crippen LogP contribution in [-0.4, -0.2) is 45.2 Å². The average Bonchev–Trinajstić information content (AvgIpc) is 3.91. The van der Waals surface area contributed by atoms with Gasteiger partial charge >= 0.3 is 23.9 Å². The molecule has 9 heteroatoms. The molecule has 0 amide bonds. The molecule has 0 aliphatic heterocycles. The highest BCUT2D eigenvalue weighted by Gasteiger charge is 2.58. The number of carbonyl (C=O) groups is 4. The zero-order valence-corrected chi connectivity index (χ0v) is 40.0. The molecule has 0 N–H and O–H groups in total. The lowest BCUT2D eigenvalue weighted by atomic mass is 9.72. The van der Waals surface area contributed by atoms with Crippen LogP contribution in [0.3, 0.4) is 0 Å². The van der Waals surface area contributed by atoms with Gasteiger partial charge in [-0.2, -0.15) is 0 Å². The van der Waals surface area contributed by atoms with Gasteiger partial charge in [0.15, 0.2) is 0 Å². The van der Waals surface area contributed by atoms with Crippen LogP contribution >= 0.6 is 0 Å². The van der Waals surface area contributed by atoms with Crippen LogP contribution in [-0.2, 0) is 40.6 Å². The van der Waals surface area contributed by atoms with E-state index >= 15 is 0 Å². The SMILES string of the molecule is C=CC(=O)OCCCCCCOC(=O)C1CCC(C(=O)Oc2ccc(C(=O)OC3(c4ccc(-c5ccc([Si](C)(C)C)cc5)cc4)CC4CC3CC4c3ccc(CCCC)cc3)cc2)CC1. The molecule has 3 fully saturated rings. The van der Waals surface area contributed by atoms with Crippen molar-refractivity contribution in [3.8, 4) is 16.9 Å². The Morgan fingerprint density at radius 2 is 1.29 bits per heavy atom. The lowest BCUT2D eigenvalue weighted by molar-refractivity contribution is -0.152. The smallest absolute Gasteiger partial charge is 0.339 e. The Labute approximate surface area is 387 Å². The fourth-order valence-corrected chi connectivity index (χ4v) is 11.5. The van der Waals surface area contributed by atoms with Crippen LogP contribution in [0.25, 0.3) is 11.1 Å². The van der Waals surface area contributed by atoms with Crippen LogP contribution in [0.5, 0.6) is 5.75 Å². The first-order chi connectivity index (χ1) is 31.4. The molecule has 4 aromatic rings. The summed E-state index contributed by atoms with van der Waals surface area (Å²) in [5.41, 5.74) is 5.80. The highest BCUT2D eigenvalue weighted by atomic mass is 28.3. The average molecular weight is 897 g/mol. The van der Waals surface area contributed by atoms with E-state index in [1.54, 1.807) is 24.3 Å². The van der Waals surface area contributed by atoms with E-state index in [-0.39, 0.29) is 35.7 Å². The number of ether oxygens (including phenoxy) is 4. The van der Waals surface area contributed by atoms with E-state index in [2.05, 4.69) is 106 Å². The quantitative estimate of drug-likeness (QED) is 0.0216. The van der Waals surface area contributed by atoms with Gasteiger partial charge in [0, 0.05) is 12.0 Å². The van der Waals surface area contributed by atoms with Crippen molar-refractivity contribution in [1.29, 1.82) is 0 Å². The van der Waals surface area contributed by atoms with E-state index in [9.17, 15) is 19.2 Å². The lowest BCUT2D eigenvalue weighted by Crippen LogP contribution is -2.39. The number of fused-ring (bicyclic) bond motifs is 2. The van der Waals surface area contributed by atoms with Crippen molar-refractivity contribution in [2.75, 3.05) is 13.2 Å². The molecule has 65 heavy (non-hydrogen) atoms. The Balaban J connectivity index is 0.951. The molecule has 4 unspecified atom stereocenters. The summed E-state index contributed by atoms with van der Waals surface area (Å²) in [6, 6.07) is 33.6. The van der Waals surface area contributed by atoms with Gasteiger partial charge in [0.05, 0.1) is 38.7 Å². The van der Waals surface area contributed by atoms with Crippen molar-refractivity contribution in [2.24, 2.45) is 23.7 Å². The van der Waals surface area contributed by atoms with Gasteiger partial charge in [-0.15, -0.1) is 0 Å². The molecule has 2 bridgehead atoms. The van der Waals surface area contributed by atoms with Crippen molar-refractivity contribution in [1.82, 2.24) is 0 Å². The first-order valence-corrected chi connectivity index (χ1v) is 27.7. The zero-order chi connectivity index (χ0) is 46.0. The summed E-state index contributed by atoms with van der Waals surface area (Å²) in [5.74, 6) is -0.480. The topological polar surface area (TPSA) is 105 Å². The van der Waals surface area contributed by atoms with Crippen LogP contribution in [0.2, 0.25) is 19.6 Å². The van der Waals surface area contributed by atoms with Crippen LogP contribution in [0, 0.1) is 23.7 Å². The van der Waals surface area contributed by atoms with E-state index in [0.29, 0.717) is 62.0 Å². The summed E-state index contributed by atoms with van der Waals surface area (Å²) < 4.78 is 23.1. The second kappa shape index (κ2) is 21.8. The molecule has 0 aromatic heterocycles. The molecule has 0 heterocycles. The van der Waals surface area contributed by atoms with Crippen molar-refractivity contribution >= 4 is 37.1 Å². The second-order valence-corrected chi connectivity index (χ2v) is 24.8. The van der Waals surface area contributed by atoms with Gasteiger partial charge in [-0.3, -0.25) is 9.59 Å². The third-order valence-electron chi connectivity index (χ3n) is 14.3. The molecule has 0 radical (unpaired) electrons. The number of esters is 4. The standard InChI is InChI=1S/C56H68O8Si/c1-6-8-13-39-14-16-42(17-15-39)51-37-48-36-46(51)38-56(48,47-28-22-40(23-29-47)41-26-32-50(33-27-41)65(3,4)5)64-55(60)45-24-30-49(31-25-45)63-54(59)44-20-18-43(19-21-44)53(58)62-35-12-10-9-11-34-61-52(57)7-2/h7,14-17,22-33,43-44,46,48,51H,2,6,8-13,18-21,34-38H2,1,3-5H3. The molecule has 3 aliphatic carbocycles. The van der Waals surface area contributed by atoms with Crippen molar-refractivity contribution in [3.63, 3.8) is 0 Å². The Hall–Kier alpha value is -5.28. The Morgan fingerprint density at radius 1 is 0.692 bits per heavy atom. The maximum Gasteiger partial charge on any atom is 0.339 e. The van der Waals surface area contributed by atoms with E-state index in [1.807, 2.05) is 0 Å². The number of carbonyl (C=O) groups excluding carboxylic acids is 4. The van der Waals surface area contributed by atoms with Gasteiger partial charge in [0.2, 0.25) is 0 Å². The number of benzene rings is 4. The summed E-state index contributed by atoms with van der Waals surface area (Å²) in [7, 11) is -1.41. The molecule has 344 valence electrons. The normalized spacial score (nSPS) is 22.5. The molecular weight excluding hydrogens is 829 g/mol. The Morgan fingerprint density at radius 3 is 1.86 bits per heavy atom. The number of hydrogen-bond acceptors (Lipinski definition) is 8. The summed E-state index contributed by atoms with van der Waals surface area (Å²) in [6.45, 7) is 13.4. The minimum Gasteiger partial charge on any atom is -0.465 e. The highest BCUT2D eigenvalue weighted by Crippen LogP contribution is 2.63. The fourth-order valence-electron chi connectivity index (χ4n) is 10.4. The van der Waals surface area contributed by atoms with Gasteiger partial charge in [-0.05, 0) is 147 Å². The maximum atomic E-state index is 14.2. The molecule has 4 aromatic carbocycles. The Kier molecular flexibility index (Phi) is 16.0. The minimum absolute atomic E-state index is 0.179. The first kappa shape index (κ1) is 47.7. The van der Waals surface area contributed by atoms with Crippen molar-refractivity contribution in [3.05, 3.63) is 132 Å². The third kappa shape index (κ3) is 12.0. The summed E-state index contributed by atoms with van der Waals surface area (Å²) in [6.07, 6.45) is 12.9. The predicted octanol–water partition coefficient (Wildman–Crippen LogP) is 12.1. The number of unbranched alkanes of at least 4 members (excludes halogenated alkanes) is 4. The number of rotatable bonds is 20. The molecule has 3 aliphatic rings. The number of hydrogen-bond donors (Lipinski definition) is 0. The molecule has 8 nitrogen and oxygen atoms in total. The monoisotopic (exact) mass is 896 g/mol. The molecule has 4 atom stereocenters. The van der Waals surface area contributed by atoms with Crippen molar-refractivity contribution in [2.45, 2.75) is 128 Å². The van der Waals surface area contributed by atoms with Crippen molar-refractivity contribution < 1.29 is 38.1 Å². The van der Waals surface area contributed by atoms with Gasteiger partial charge in [0.25, 0.3) is 0 Å². The predicted molar refractivity (Wildman–Crippen MR) is 259 cm³/mol. The molecule has 0 saturated heterocycles. The van der Waals surface area contributed by atoms with Gasteiger partial charge in [0.1, 0.15) is 11.4 Å². The van der Waals surface area contributed by atoms with E-state index in [0.717, 1.165) is 68.6 Å². The first-order valence-electron chi connectivity index (χ1n) is 24.2. The zero-order valence-electron chi connectivity index (χ0n) is 39.0. The van der Waals surface area contributed by atoms with Gasteiger partial charge in [-0.25, -0.2) is 9.59 Å². The molecule has 0 spiro atoms. The molecule has 7 rings (SSSR count). The van der Waals surface area contributed by atoms with Gasteiger partial charge < -0.3 is 18.9 Å². The van der Waals surface area contributed by atoms with E-state index in [1.165, 1.54) is 34.7 Å². The third-order valence-corrected chi connectivity index (χ3v) is 16.3. The second-order valence-electron chi connectivity index (χ2n) is 19.7. The van der Waals surface area contributed by atoms with Crippen LogP contribution < -0.4 is 9.92 Å². The molecule has 3 saturated carbocycles. The lowest BCUT2D eigenvalue weighted by Gasteiger charge is -2.40. The van der Waals surface area contributed by atoms with E-state index in [4.69, 9.17) is 18.9 Å². The highest BCUT2D eigenvalue weighted by molar-refractivity contribution is 6.88. The summed E-state index contributed by atoms with van der Waals surface area (Å²) in [5, 5.41) is 1.43. The maximum absolute atomic E-state index is 14.2. The van der Waals surface area contributed by atoms with Crippen LogP contribution in [0.15, 0.2) is 110 Å². The van der Waals surface area contributed by atoms with Gasteiger partial charge in [-0.1, -0.05) is 118 Å².